The van der Waals surface area contributed by atoms with Crippen LogP contribution in [0.2, 0.25) is 5.02 Å². The molecule has 0 radical (unpaired) electrons. The van der Waals surface area contributed by atoms with Crippen LogP contribution < -0.4 is 4.74 Å². The standard InChI is InChI=1S/C17H15ClN4O3/c18-14-8-20-16(25-10-12-5-6-22(9-12)17(23)24)21-15(14)13-3-1-11(7-19)2-4-13/h1-4,8,12H,5-6,9-10H2,(H,23,24)/t12-/m1/s1. The number of carboxylic acid groups (broad SMARTS) is 1. The molecule has 1 aliphatic heterocycles. The van der Waals surface area contributed by atoms with E-state index < -0.39 is 6.09 Å². The highest BCUT2D eigenvalue weighted by molar-refractivity contribution is 6.32. The molecule has 128 valence electrons. The summed E-state index contributed by atoms with van der Waals surface area (Å²) >= 11 is 6.17. The van der Waals surface area contributed by atoms with Crippen molar-refractivity contribution in [2.75, 3.05) is 19.7 Å². The van der Waals surface area contributed by atoms with Crippen LogP contribution in [0.25, 0.3) is 11.3 Å². The summed E-state index contributed by atoms with van der Waals surface area (Å²) in [7, 11) is 0. The van der Waals surface area contributed by atoms with Crippen LogP contribution >= 0.6 is 11.6 Å². The highest BCUT2D eigenvalue weighted by Crippen LogP contribution is 2.27. The molecule has 0 bridgehead atoms. The van der Waals surface area contributed by atoms with Gasteiger partial charge >= 0.3 is 12.1 Å². The van der Waals surface area contributed by atoms with Crippen LogP contribution in [-0.4, -0.2) is 45.8 Å². The summed E-state index contributed by atoms with van der Waals surface area (Å²) < 4.78 is 5.63. The Labute approximate surface area is 149 Å². The van der Waals surface area contributed by atoms with Gasteiger partial charge in [0.05, 0.1) is 35.2 Å². The molecule has 0 saturated carbocycles. The van der Waals surface area contributed by atoms with Crippen molar-refractivity contribution in [2.24, 2.45) is 5.92 Å². The van der Waals surface area contributed by atoms with Crippen molar-refractivity contribution in [1.29, 1.82) is 5.26 Å². The summed E-state index contributed by atoms with van der Waals surface area (Å²) in [5, 5.41) is 18.2. The number of hydrogen-bond donors (Lipinski definition) is 1. The van der Waals surface area contributed by atoms with Gasteiger partial charge in [-0.15, -0.1) is 0 Å². The van der Waals surface area contributed by atoms with Crippen molar-refractivity contribution >= 4 is 17.7 Å². The first-order valence-electron chi connectivity index (χ1n) is 7.70. The van der Waals surface area contributed by atoms with Gasteiger partial charge in [0, 0.05) is 24.6 Å². The highest BCUT2D eigenvalue weighted by Gasteiger charge is 2.26. The molecule has 2 heterocycles. The minimum atomic E-state index is -0.909. The molecule has 0 aliphatic carbocycles. The van der Waals surface area contributed by atoms with Gasteiger partial charge < -0.3 is 14.7 Å². The van der Waals surface area contributed by atoms with Gasteiger partial charge in [0.15, 0.2) is 0 Å². The normalized spacial score (nSPS) is 16.5. The van der Waals surface area contributed by atoms with Gasteiger partial charge in [0.25, 0.3) is 0 Å². The number of aromatic nitrogens is 2. The predicted molar refractivity (Wildman–Crippen MR) is 90.4 cm³/mol. The van der Waals surface area contributed by atoms with E-state index in [0.717, 1.165) is 12.0 Å². The maximum absolute atomic E-state index is 10.9. The molecule has 8 heteroatoms. The predicted octanol–water partition coefficient (Wildman–Crippen LogP) is 3.05. The Morgan fingerprint density at radius 3 is 2.84 bits per heavy atom. The molecule has 3 rings (SSSR count). The molecule has 7 nitrogen and oxygen atoms in total. The Bertz CT molecular complexity index is 820. The van der Waals surface area contributed by atoms with E-state index in [4.69, 9.17) is 26.7 Å². The van der Waals surface area contributed by atoms with Crippen molar-refractivity contribution in [1.82, 2.24) is 14.9 Å². The average molecular weight is 359 g/mol. The molecule has 2 aromatic rings. The lowest BCUT2D eigenvalue weighted by Crippen LogP contribution is -2.27. The van der Waals surface area contributed by atoms with Crippen LogP contribution in [0.3, 0.4) is 0 Å². The second kappa shape index (κ2) is 7.36. The Morgan fingerprint density at radius 2 is 2.20 bits per heavy atom. The van der Waals surface area contributed by atoms with E-state index in [1.165, 1.54) is 11.1 Å². The van der Waals surface area contributed by atoms with Crippen molar-refractivity contribution in [3.05, 3.63) is 41.0 Å². The van der Waals surface area contributed by atoms with Crippen LogP contribution in [0.4, 0.5) is 4.79 Å². The van der Waals surface area contributed by atoms with Gasteiger partial charge in [-0.3, -0.25) is 0 Å². The number of hydrogen-bond acceptors (Lipinski definition) is 5. The van der Waals surface area contributed by atoms with E-state index in [1.807, 2.05) is 0 Å². The lowest BCUT2D eigenvalue weighted by Gasteiger charge is -2.13. The van der Waals surface area contributed by atoms with Gasteiger partial charge in [0.1, 0.15) is 0 Å². The molecule has 1 N–H and O–H groups in total. The van der Waals surface area contributed by atoms with Gasteiger partial charge in [-0.25, -0.2) is 9.78 Å². The summed E-state index contributed by atoms with van der Waals surface area (Å²) in [6.45, 7) is 1.31. The number of likely N-dealkylation sites (tertiary alicyclic amines) is 1. The molecule has 0 unspecified atom stereocenters. The fourth-order valence-corrected chi connectivity index (χ4v) is 2.86. The van der Waals surface area contributed by atoms with Crippen LogP contribution in [-0.2, 0) is 0 Å². The zero-order chi connectivity index (χ0) is 17.8. The van der Waals surface area contributed by atoms with Crippen LogP contribution in [0.1, 0.15) is 12.0 Å². The van der Waals surface area contributed by atoms with E-state index in [0.29, 0.717) is 36.0 Å². The SMILES string of the molecule is N#Cc1ccc(-c2nc(OC[C@@H]3CCN(C(=O)O)C3)ncc2Cl)cc1. The Balaban J connectivity index is 1.69. The summed E-state index contributed by atoms with van der Waals surface area (Å²) in [5.41, 5.74) is 1.83. The molecular formula is C17H15ClN4O3. The van der Waals surface area contributed by atoms with Crippen LogP contribution in [0.15, 0.2) is 30.5 Å². The fourth-order valence-electron chi connectivity index (χ4n) is 2.66. The summed E-state index contributed by atoms with van der Waals surface area (Å²) in [6.07, 6.45) is 1.31. The van der Waals surface area contributed by atoms with Gasteiger partial charge in [-0.05, 0) is 18.6 Å². The number of carbonyl (C=O) groups is 1. The lowest BCUT2D eigenvalue weighted by molar-refractivity contribution is 0.151. The van der Waals surface area contributed by atoms with Crippen molar-refractivity contribution in [3.63, 3.8) is 0 Å². The highest BCUT2D eigenvalue weighted by atomic mass is 35.5. The largest absolute Gasteiger partial charge is 0.465 e. The number of benzene rings is 1. The molecule has 1 atom stereocenters. The third kappa shape index (κ3) is 3.98. The van der Waals surface area contributed by atoms with Crippen molar-refractivity contribution in [2.45, 2.75) is 6.42 Å². The molecule has 1 aromatic carbocycles. The van der Waals surface area contributed by atoms with Crippen LogP contribution in [0, 0.1) is 17.2 Å². The van der Waals surface area contributed by atoms with E-state index >= 15 is 0 Å². The number of rotatable bonds is 4. The number of nitriles is 1. The molecule has 1 fully saturated rings. The second-order valence-corrected chi connectivity index (χ2v) is 6.14. The van der Waals surface area contributed by atoms with Crippen molar-refractivity contribution < 1.29 is 14.6 Å². The zero-order valence-electron chi connectivity index (χ0n) is 13.2. The Kier molecular flexibility index (Phi) is 5.00. The van der Waals surface area contributed by atoms with Gasteiger partial charge in [0.2, 0.25) is 0 Å². The third-order valence-corrected chi connectivity index (χ3v) is 4.29. The first-order chi connectivity index (χ1) is 12.1. The molecule has 0 spiro atoms. The van der Waals surface area contributed by atoms with E-state index in [1.54, 1.807) is 24.3 Å². The molecule has 1 aromatic heterocycles. The van der Waals surface area contributed by atoms with Gasteiger partial charge in [-0.1, -0.05) is 23.7 Å². The van der Waals surface area contributed by atoms with E-state index in [-0.39, 0.29) is 11.9 Å². The quantitative estimate of drug-likeness (QED) is 0.901. The molecular weight excluding hydrogens is 344 g/mol. The molecule has 25 heavy (non-hydrogen) atoms. The molecule has 1 aliphatic rings. The maximum Gasteiger partial charge on any atom is 0.407 e. The van der Waals surface area contributed by atoms with E-state index in [9.17, 15) is 4.79 Å². The zero-order valence-corrected chi connectivity index (χ0v) is 14.0. The monoisotopic (exact) mass is 358 g/mol. The lowest BCUT2D eigenvalue weighted by atomic mass is 10.1. The average Bonchev–Trinajstić information content (AvgIpc) is 3.10. The minimum Gasteiger partial charge on any atom is -0.465 e. The molecule has 1 amide bonds. The Hall–Kier alpha value is -2.85. The second-order valence-electron chi connectivity index (χ2n) is 5.73. The Morgan fingerprint density at radius 1 is 1.44 bits per heavy atom. The number of halogens is 1. The summed E-state index contributed by atoms with van der Waals surface area (Å²) in [6, 6.07) is 9.15. The smallest absolute Gasteiger partial charge is 0.407 e. The fraction of sp³-hybridized carbons (Fsp3) is 0.294. The minimum absolute atomic E-state index is 0.119. The molecule has 1 saturated heterocycles. The summed E-state index contributed by atoms with van der Waals surface area (Å²) in [4.78, 5) is 20.7. The third-order valence-electron chi connectivity index (χ3n) is 4.01. The number of nitrogens with zero attached hydrogens (tertiary/aromatic N) is 4. The number of amides is 1. The first kappa shape index (κ1) is 17.0. The topological polar surface area (TPSA) is 99.3 Å². The van der Waals surface area contributed by atoms with Crippen molar-refractivity contribution in [3.8, 4) is 23.3 Å². The summed E-state index contributed by atoms with van der Waals surface area (Å²) in [5.74, 6) is 0.119. The number of ether oxygens (including phenoxy) is 1. The van der Waals surface area contributed by atoms with Crippen LogP contribution in [0.5, 0.6) is 6.01 Å². The van der Waals surface area contributed by atoms with E-state index in [2.05, 4.69) is 16.0 Å². The first-order valence-corrected chi connectivity index (χ1v) is 8.08. The maximum atomic E-state index is 10.9. The van der Waals surface area contributed by atoms with Gasteiger partial charge in [-0.2, -0.15) is 10.2 Å².